The number of carboxylic acid groups (broad SMARTS) is 1. The molecule has 0 spiro atoms. The number of aliphatic carboxylic acids is 1. The monoisotopic (exact) mass is 527 g/mol. The second-order valence-electron chi connectivity index (χ2n) is 6.63. The summed E-state index contributed by atoms with van der Waals surface area (Å²) in [7, 11) is 1.28. The number of oxime groups is 1. The lowest BCUT2D eigenvalue weighted by Gasteiger charge is -2.49. The molecule has 2 aromatic rings. The Kier molecular flexibility index (Phi) is 6.78. The number of nitrogen functional groups attached to an aromatic ring is 2. The van der Waals surface area contributed by atoms with Crippen molar-refractivity contribution in [3.8, 4) is 0 Å². The van der Waals surface area contributed by atoms with Crippen LogP contribution in [0.2, 0.25) is 0 Å². The van der Waals surface area contributed by atoms with Crippen LogP contribution < -0.4 is 16.8 Å². The van der Waals surface area contributed by atoms with E-state index in [2.05, 4.69) is 20.4 Å². The van der Waals surface area contributed by atoms with E-state index in [1.807, 2.05) is 0 Å². The number of thiazole rings is 2. The molecule has 0 radical (unpaired) electrons. The van der Waals surface area contributed by atoms with Gasteiger partial charge < -0.3 is 26.7 Å². The van der Waals surface area contributed by atoms with E-state index >= 15 is 0 Å². The minimum absolute atomic E-state index is 0.0654. The molecule has 12 nitrogen and oxygen atoms in total. The Hall–Kier alpha value is -2.82. The molecule has 0 aliphatic carbocycles. The quantitative estimate of drug-likeness (QED) is 0.163. The number of nitrogens with zero attached hydrogens (tertiary/aromatic N) is 4. The number of fused-ring (bicyclic) bond motifs is 1. The van der Waals surface area contributed by atoms with Gasteiger partial charge in [0.25, 0.3) is 11.8 Å². The van der Waals surface area contributed by atoms with Crippen LogP contribution in [0.15, 0.2) is 32.3 Å². The zero-order valence-electron chi connectivity index (χ0n) is 16.9. The van der Waals surface area contributed by atoms with Crippen molar-refractivity contribution >= 4 is 79.8 Å². The molecule has 2 amide bonds. The highest BCUT2D eigenvalue weighted by atomic mass is 32.2. The average Bonchev–Trinajstić information content (AvgIpc) is 3.40. The summed E-state index contributed by atoms with van der Waals surface area (Å²) < 4.78 is 0.713. The fourth-order valence-electron chi connectivity index (χ4n) is 3.18. The molecule has 6 N–H and O–H groups in total. The van der Waals surface area contributed by atoms with Crippen LogP contribution >= 0.6 is 46.2 Å². The first kappa shape index (κ1) is 23.3. The van der Waals surface area contributed by atoms with Crippen LogP contribution in [0, 0.1) is 0 Å². The summed E-state index contributed by atoms with van der Waals surface area (Å²) in [5, 5.41) is 17.9. The van der Waals surface area contributed by atoms with Gasteiger partial charge in [-0.25, -0.2) is 14.8 Å². The Morgan fingerprint density at radius 2 is 2.24 bits per heavy atom. The van der Waals surface area contributed by atoms with Crippen molar-refractivity contribution in [2.24, 2.45) is 5.16 Å². The molecule has 16 heteroatoms. The number of carboxylic acids is 1. The maximum Gasteiger partial charge on any atom is 0.352 e. The number of β-lactam (4-membered cyclic amide) rings is 1. The van der Waals surface area contributed by atoms with E-state index in [9.17, 15) is 19.5 Å². The maximum absolute atomic E-state index is 12.9. The van der Waals surface area contributed by atoms with Crippen LogP contribution in [0.25, 0.3) is 0 Å². The van der Waals surface area contributed by atoms with Crippen molar-refractivity contribution in [3.63, 3.8) is 0 Å². The number of amides is 2. The number of carbonyl (C=O) groups is 3. The fraction of sp³-hybridized carbons (Fsp3) is 0.294. The molecule has 0 unspecified atom stereocenters. The molecule has 4 heterocycles. The molecule has 0 saturated carbocycles. The number of aromatic nitrogens is 2. The summed E-state index contributed by atoms with van der Waals surface area (Å²) >= 11 is 5.16. The highest BCUT2D eigenvalue weighted by Crippen LogP contribution is 2.42. The minimum atomic E-state index is -1.20. The van der Waals surface area contributed by atoms with Crippen molar-refractivity contribution < 1.29 is 24.3 Å². The lowest BCUT2D eigenvalue weighted by Crippen LogP contribution is -2.71. The van der Waals surface area contributed by atoms with E-state index in [0.717, 1.165) is 11.3 Å². The van der Waals surface area contributed by atoms with Crippen LogP contribution in [-0.4, -0.2) is 73.5 Å². The molecule has 4 rings (SSSR count). The first-order chi connectivity index (χ1) is 15.8. The van der Waals surface area contributed by atoms with Crippen molar-refractivity contribution in [3.05, 3.63) is 28.5 Å². The number of hydrogen-bond donors (Lipinski definition) is 4. The predicted molar refractivity (Wildman–Crippen MR) is 127 cm³/mol. The van der Waals surface area contributed by atoms with E-state index in [0.29, 0.717) is 26.4 Å². The second-order valence-corrected chi connectivity index (χ2v) is 10.9. The molecule has 0 aromatic carbocycles. The predicted octanol–water partition coefficient (Wildman–Crippen LogP) is 0.645. The van der Waals surface area contributed by atoms with E-state index in [1.54, 1.807) is 11.6 Å². The van der Waals surface area contributed by atoms with Crippen LogP contribution in [0.5, 0.6) is 0 Å². The van der Waals surface area contributed by atoms with Gasteiger partial charge in [-0.15, -0.1) is 23.1 Å². The molecule has 2 aliphatic rings. The second kappa shape index (κ2) is 9.58. The molecular weight excluding hydrogens is 510 g/mol. The van der Waals surface area contributed by atoms with Gasteiger partial charge in [0.1, 0.15) is 34.9 Å². The Labute approximate surface area is 203 Å². The summed E-state index contributed by atoms with van der Waals surface area (Å²) in [6.45, 7) is 0. The standard InChI is InChI=1S/C17H17N7O5S4/c1-29-23-9(7-5-31-16(19)21-7)12(25)22-10-13(26)24-11(15(27)28)6(3-30-14(10)24)4-32-17-20-2-8(18)33-17/h2,5,10,14H,3-4,18H2,1H3,(H2,19,21)(H,22,25)(H,27,28)/t10-,14+/m1/s1. The van der Waals surface area contributed by atoms with Crippen LogP contribution in [0.3, 0.4) is 0 Å². The number of hydrogen-bond acceptors (Lipinski definition) is 13. The van der Waals surface area contributed by atoms with Crippen molar-refractivity contribution in [1.82, 2.24) is 20.2 Å². The van der Waals surface area contributed by atoms with Gasteiger partial charge in [0.05, 0.1) is 6.20 Å². The number of rotatable bonds is 8. The third-order valence-electron chi connectivity index (χ3n) is 4.57. The number of thioether (sulfide) groups is 2. The van der Waals surface area contributed by atoms with Crippen molar-refractivity contribution in [2.45, 2.75) is 15.8 Å². The maximum atomic E-state index is 12.9. The van der Waals surface area contributed by atoms with Crippen molar-refractivity contribution in [2.75, 3.05) is 30.1 Å². The smallest absolute Gasteiger partial charge is 0.352 e. The summed E-state index contributed by atoms with van der Waals surface area (Å²) in [5.41, 5.74) is 11.9. The van der Waals surface area contributed by atoms with Gasteiger partial charge in [0.15, 0.2) is 15.2 Å². The van der Waals surface area contributed by atoms with Gasteiger partial charge in [-0.05, 0) is 5.57 Å². The minimum Gasteiger partial charge on any atom is -0.477 e. The highest BCUT2D eigenvalue weighted by molar-refractivity contribution is 8.02. The van der Waals surface area contributed by atoms with Crippen LogP contribution in [0.1, 0.15) is 5.69 Å². The fourth-order valence-corrected chi connectivity index (χ4v) is 6.98. The van der Waals surface area contributed by atoms with Gasteiger partial charge in [0, 0.05) is 16.9 Å². The van der Waals surface area contributed by atoms with E-state index in [1.165, 1.54) is 46.9 Å². The topological polar surface area (TPSA) is 186 Å². The Balaban J connectivity index is 1.49. The lowest BCUT2D eigenvalue weighted by atomic mass is 10.0. The van der Waals surface area contributed by atoms with Gasteiger partial charge >= 0.3 is 5.97 Å². The Bertz CT molecular complexity index is 1180. The van der Waals surface area contributed by atoms with E-state index in [4.69, 9.17) is 16.3 Å². The van der Waals surface area contributed by atoms with E-state index < -0.39 is 29.2 Å². The van der Waals surface area contributed by atoms with Crippen LogP contribution in [-0.2, 0) is 19.2 Å². The number of nitrogens with one attached hydrogen (secondary N) is 1. The van der Waals surface area contributed by atoms with E-state index in [-0.39, 0.29) is 22.2 Å². The van der Waals surface area contributed by atoms with Gasteiger partial charge in [-0.1, -0.05) is 28.3 Å². The largest absolute Gasteiger partial charge is 0.477 e. The molecule has 1 fully saturated rings. The van der Waals surface area contributed by atoms with Gasteiger partial charge in [-0.3, -0.25) is 14.5 Å². The summed E-state index contributed by atoms with van der Waals surface area (Å²) in [6.07, 6.45) is 1.54. The SMILES string of the molecule is CON=C(C(=O)N[C@@H]1C(=O)N2C(C(=O)O)=C(CSc3ncc(N)s3)CS[C@@H]12)c1csc(N)n1. The molecule has 2 aliphatic heterocycles. The third kappa shape index (κ3) is 4.64. The molecule has 2 atom stereocenters. The normalized spacial score (nSPS) is 20.3. The van der Waals surface area contributed by atoms with Gasteiger partial charge in [0.2, 0.25) is 0 Å². The number of nitrogens with two attached hydrogens (primary N) is 2. The van der Waals surface area contributed by atoms with Gasteiger partial charge in [-0.2, -0.15) is 0 Å². The highest BCUT2D eigenvalue weighted by Gasteiger charge is 2.54. The molecule has 33 heavy (non-hydrogen) atoms. The Morgan fingerprint density at radius 1 is 1.45 bits per heavy atom. The molecule has 0 bridgehead atoms. The first-order valence-corrected chi connectivity index (χ1v) is 12.9. The first-order valence-electron chi connectivity index (χ1n) is 9.17. The average molecular weight is 528 g/mol. The third-order valence-corrected chi connectivity index (χ3v) is 8.65. The molecular formula is C17H17N7O5S4. The lowest BCUT2D eigenvalue weighted by molar-refractivity contribution is -0.150. The zero-order valence-corrected chi connectivity index (χ0v) is 20.1. The number of anilines is 2. The summed E-state index contributed by atoms with van der Waals surface area (Å²) in [4.78, 5) is 51.7. The summed E-state index contributed by atoms with van der Waals surface area (Å²) in [5.74, 6) is -1.66. The molecule has 1 saturated heterocycles. The zero-order chi connectivity index (χ0) is 23.7. The molecule has 2 aromatic heterocycles. The van der Waals surface area contributed by atoms with Crippen molar-refractivity contribution in [1.29, 1.82) is 0 Å². The van der Waals surface area contributed by atoms with Crippen LogP contribution in [0.4, 0.5) is 10.1 Å². The number of carbonyl (C=O) groups excluding carboxylic acids is 2. The summed E-state index contributed by atoms with van der Waals surface area (Å²) in [6, 6.07) is -0.914. The molecule has 174 valence electrons. The Morgan fingerprint density at radius 3 is 2.85 bits per heavy atom.